The van der Waals surface area contributed by atoms with Crippen molar-refractivity contribution in [2.45, 2.75) is 97.7 Å². The van der Waals surface area contributed by atoms with Gasteiger partial charge in [-0.05, 0) is 96.5 Å². The standard InChI is InChI=1S/C56H80N8/c1-61(2,3)41-21-13-37(14-22-41)53-45-29-31-47(57-45)54(38-15-23-42(24-16-38)62(4,5)6)49-33-35-51(59-49)56(40-19-27-44(28-20-40)64(10,11)12)52-36-34-50(60-52)55(48-32-30-46(53)58-48)39-17-25-43(26-18-39)63(7,8)9/h13-29,31,34,36,45-60H,30,32-33,35H2,1-12H3/q+4. The Morgan fingerprint density at radius 1 is 0.281 bits per heavy atom. The first kappa shape index (κ1) is 45.2. The molecule has 8 bridgehead atoms. The second kappa shape index (κ2) is 17.0. The maximum atomic E-state index is 4.41. The van der Waals surface area contributed by atoms with Crippen LogP contribution < -0.4 is 39.2 Å². The molecule has 5 aliphatic rings. The Kier molecular flexibility index (Phi) is 12.0. The highest BCUT2D eigenvalue weighted by Crippen LogP contribution is 2.44. The fourth-order valence-electron chi connectivity index (χ4n) is 12.1. The summed E-state index contributed by atoms with van der Waals surface area (Å²) in [5.41, 5.74) is 11.0. The van der Waals surface area contributed by atoms with Gasteiger partial charge in [0.2, 0.25) is 0 Å². The van der Waals surface area contributed by atoms with E-state index in [0.29, 0.717) is 24.2 Å². The number of hydrogen-bond donors (Lipinski definition) is 4. The van der Waals surface area contributed by atoms with E-state index in [0.717, 1.165) is 43.6 Å². The lowest BCUT2D eigenvalue weighted by molar-refractivity contribution is 0.317. The van der Waals surface area contributed by atoms with Gasteiger partial charge in [-0.3, -0.25) is 17.9 Å². The van der Waals surface area contributed by atoms with Crippen molar-refractivity contribution in [2.75, 3.05) is 84.6 Å². The fourth-order valence-corrected chi connectivity index (χ4v) is 12.1. The van der Waals surface area contributed by atoms with Crippen LogP contribution in [-0.4, -0.2) is 133 Å². The SMILES string of the molecule is C[N+](C)(C)c1ccc(C2C3C=CC(N3)C(c3ccc([N+](C)(C)C)cc3)C3CCC(N3)C(c3ccc([N+](C)(C)C)cc3)C3C=CC(N3)C(c3ccc([N+](C)(C)C)cc3)C3CCC2N3)cc1. The average molecular weight is 865 g/mol. The maximum Gasteiger partial charge on any atom is 0.132 e. The van der Waals surface area contributed by atoms with Gasteiger partial charge in [0.1, 0.15) is 22.7 Å². The summed E-state index contributed by atoms with van der Waals surface area (Å²) in [4.78, 5) is 0. The highest BCUT2D eigenvalue weighted by Gasteiger charge is 2.47. The van der Waals surface area contributed by atoms with Gasteiger partial charge in [0, 0.05) is 72.0 Å². The summed E-state index contributed by atoms with van der Waals surface area (Å²) in [7, 11) is 27.2. The summed E-state index contributed by atoms with van der Waals surface area (Å²) in [5.74, 6) is 1.13. The van der Waals surface area contributed by atoms with Crippen LogP contribution in [0.25, 0.3) is 0 Å². The molecule has 3 saturated heterocycles. The van der Waals surface area contributed by atoms with E-state index in [9.17, 15) is 0 Å². The maximum absolute atomic E-state index is 4.41. The molecule has 3 fully saturated rings. The zero-order chi connectivity index (χ0) is 45.3. The van der Waals surface area contributed by atoms with Gasteiger partial charge in [-0.25, -0.2) is 0 Å². The first-order chi connectivity index (χ1) is 30.2. The van der Waals surface area contributed by atoms with Crippen LogP contribution in [0.2, 0.25) is 0 Å². The molecule has 4 aromatic carbocycles. The van der Waals surface area contributed by atoms with E-state index in [1.165, 1.54) is 45.0 Å². The Labute approximate surface area is 386 Å². The molecule has 0 saturated carbocycles. The van der Waals surface area contributed by atoms with E-state index >= 15 is 0 Å². The number of nitrogens with one attached hydrogen (secondary N) is 4. The van der Waals surface area contributed by atoms with Crippen LogP contribution in [0.4, 0.5) is 22.7 Å². The van der Waals surface area contributed by atoms with Crippen molar-refractivity contribution in [3.05, 3.63) is 144 Å². The molecule has 12 unspecified atom stereocenters. The van der Waals surface area contributed by atoms with E-state index in [2.05, 4.69) is 227 Å². The molecule has 9 rings (SSSR count). The molecular formula is C56H80N8+4. The molecule has 5 heterocycles. The van der Waals surface area contributed by atoms with Crippen molar-refractivity contribution in [2.24, 2.45) is 0 Å². The van der Waals surface area contributed by atoms with Crippen LogP contribution in [-0.2, 0) is 0 Å². The van der Waals surface area contributed by atoms with Crippen LogP contribution >= 0.6 is 0 Å². The molecule has 8 heteroatoms. The predicted octanol–water partition coefficient (Wildman–Crippen LogP) is 7.96. The van der Waals surface area contributed by atoms with Crippen LogP contribution in [0.1, 0.15) is 71.6 Å². The second-order valence-electron chi connectivity index (χ2n) is 23.6. The molecule has 4 aromatic rings. The van der Waals surface area contributed by atoms with Crippen molar-refractivity contribution in [1.29, 1.82) is 0 Å². The molecule has 12 atom stereocenters. The zero-order valence-corrected chi connectivity index (χ0v) is 41.1. The largest absolute Gasteiger partial charge is 0.310 e. The quantitative estimate of drug-likeness (QED) is 0.107. The van der Waals surface area contributed by atoms with Crippen LogP contribution in [0.5, 0.6) is 0 Å². The van der Waals surface area contributed by atoms with E-state index in [1.807, 2.05) is 0 Å². The van der Waals surface area contributed by atoms with Gasteiger partial charge >= 0.3 is 0 Å². The molecule has 0 amide bonds. The van der Waals surface area contributed by atoms with Crippen molar-refractivity contribution >= 4 is 22.7 Å². The first-order valence-electron chi connectivity index (χ1n) is 24.3. The van der Waals surface area contributed by atoms with Gasteiger partial charge in [0.05, 0.1) is 84.6 Å². The monoisotopic (exact) mass is 865 g/mol. The Balaban J connectivity index is 1.14. The number of hydrogen-bond acceptors (Lipinski definition) is 4. The minimum Gasteiger partial charge on any atom is -0.310 e. The summed E-state index contributed by atoms with van der Waals surface area (Å²) in [6.45, 7) is 0. The summed E-state index contributed by atoms with van der Waals surface area (Å²) in [6.07, 6.45) is 14.7. The molecule has 5 aliphatic heterocycles. The second-order valence-corrected chi connectivity index (χ2v) is 23.6. The number of fused-ring (bicyclic) bond motifs is 8. The zero-order valence-electron chi connectivity index (χ0n) is 41.1. The lowest BCUT2D eigenvalue weighted by atomic mass is 9.83. The lowest BCUT2D eigenvalue weighted by Gasteiger charge is -2.38. The number of nitrogens with zero attached hydrogens (tertiary/aromatic N) is 4. The summed E-state index contributed by atoms with van der Waals surface area (Å²) in [6, 6.07) is 40.6. The van der Waals surface area contributed by atoms with Gasteiger partial charge in [0.15, 0.2) is 0 Å². The molecule has 8 nitrogen and oxygen atoms in total. The Morgan fingerprint density at radius 3 is 0.641 bits per heavy atom. The summed E-state index contributed by atoms with van der Waals surface area (Å²) < 4.78 is 3.23. The Hall–Kier alpha value is -3.96. The van der Waals surface area contributed by atoms with Gasteiger partial charge in [-0.2, -0.15) is 0 Å². The highest BCUT2D eigenvalue weighted by molar-refractivity contribution is 5.49. The van der Waals surface area contributed by atoms with Gasteiger partial charge < -0.3 is 21.3 Å². The highest BCUT2D eigenvalue weighted by atomic mass is 15.3. The Morgan fingerprint density at radius 2 is 0.469 bits per heavy atom. The van der Waals surface area contributed by atoms with E-state index in [1.54, 1.807) is 0 Å². The minimum atomic E-state index is 0.206. The molecule has 64 heavy (non-hydrogen) atoms. The third-order valence-electron chi connectivity index (χ3n) is 15.7. The third kappa shape index (κ3) is 9.10. The van der Waals surface area contributed by atoms with Crippen molar-refractivity contribution in [3.63, 3.8) is 0 Å². The predicted molar refractivity (Wildman–Crippen MR) is 275 cm³/mol. The van der Waals surface area contributed by atoms with E-state index < -0.39 is 0 Å². The van der Waals surface area contributed by atoms with E-state index in [4.69, 9.17) is 0 Å². The normalized spacial score (nSPS) is 32.1. The lowest BCUT2D eigenvalue weighted by Crippen LogP contribution is -2.52. The third-order valence-corrected chi connectivity index (χ3v) is 15.7. The van der Waals surface area contributed by atoms with Crippen LogP contribution in [0, 0.1) is 0 Å². The Bertz CT molecular complexity index is 1960. The molecule has 0 radical (unpaired) electrons. The van der Waals surface area contributed by atoms with Crippen LogP contribution in [0.15, 0.2) is 121 Å². The average Bonchev–Trinajstić information content (AvgIpc) is 4.08. The molecule has 340 valence electrons. The van der Waals surface area contributed by atoms with Crippen molar-refractivity contribution in [3.8, 4) is 0 Å². The van der Waals surface area contributed by atoms with Gasteiger partial charge in [0.25, 0.3) is 0 Å². The van der Waals surface area contributed by atoms with E-state index in [-0.39, 0.29) is 47.8 Å². The topological polar surface area (TPSA) is 48.1 Å². The molecular weight excluding hydrogens is 785 g/mol. The van der Waals surface area contributed by atoms with Crippen molar-refractivity contribution in [1.82, 2.24) is 39.2 Å². The fraction of sp³-hybridized carbons (Fsp3) is 0.500. The molecule has 4 N–H and O–H groups in total. The molecule has 0 aromatic heterocycles. The summed E-state index contributed by atoms with van der Waals surface area (Å²) in [5, 5.41) is 17.5. The van der Waals surface area contributed by atoms with Crippen molar-refractivity contribution < 1.29 is 0 Å². The number of quaternary nitrogens is 4. The number of rotatable bonds is 8. The molecule has 0 aliphatic carbocycles. The van der Waals surface area contributed by atoms with Gasteiger partial charge in [-0.15, -0.1) is 0 Å². The number of benzene rings is 4. The summed E-state index contributed by atoms with van der Waals surface area (Å²) >= 11 is 0. The molecule has 0 spiro atoms. The smallest absolute Gasteiger partial charge is 0.132 e. The van der Waals surface area contributed by atoms with Gasteiger partial charge in [-0.1, -0.05) is 72.8 Å². The first-order valence-corrected chi connectivity index (χ1v) is 24.3. The minimum absolute atomic E-state index is 0.206. The van der Waals surface area contributed by atoms with Crippen LogP contribution in [0.3, 0.4) is 0 Å².